The van der Waals surface area contributed by atoms with Crippen LogP contribution in [-0.2, 0) is 33.1 Å². The van der Waals surface area contributed by atoms with Crippen LogP contribution in [-0.4, -0.2) is 27.6 Å². The van der Waals surface area contributed by atoms with Crippen LogP contribution in [0.1, 0.15) is 30.7 Å². The number of furan rings is 1. The van der Waals surface area contributed by atoms with E-state index in [-0.39, 0.29) is 25.9 Å². The first-order chi connectivity index (χ1) is 24.6. The van der Waals surface area contributed by atoms with Crippen molar-refractivity contribution >= 4 is 46.4 Å². The molecule has 0 aliphatic rings. The molecule has 265 valence electrons. The molecule has 4 aromatic carbocycles. The standard InChI is InChI=1S/C26H17FN3O.C18H24NSi.Ir/c1-16-11-12-18-23-20(27)14-13-19(24(23)31-26(18)28-16)25-29-21-9-5-6-10-22(21)30(25)15-17-7-3-2-4-8-17;1-14(2)11-16-12-17(15-9-7-6-8-10-15)19-13-18(16)20(3,4)5;/h2-12,14H,15H2,1H3;6-9,12-14H,11H2,1-5H3;/q2*-1;. The van der Waals surface area contributed by atoms with Gasteiger partial charge in [-0.05, 0) is 65.4 Å². The zero-order valence-electron chi connectivity index (χ0n) is 30.3. The Balaban J connectivity index is 0.000000193. The molecular formula is C44H41FIrN4OSi-2. The third kappa shape index (κ3) is 7.70. The number of benzene rings is 4. The molecule has 4 heterocycles. The first-order valence-corrected chi connectivity index (χ1v) is 20.9. The number of imidazole rings is 1. The quantitative estimate of drug-likeness (QED) is 0.118. The maximum Gasteiger partial charge on any atom is 0.216 e. The van der Waals surface area contributed by atoms with Gasteiger partial charge in [-0.25, -0.2) is 4.98 Å². The van der Waals surface area contributed by atoms with Gasteiger partial charge in [-0.15, -0.1) is 48.0 Å². The molecule has 0 saturated heterocycles. The molecule has 4 aromatic heterocycles. The first-order valence-electron chi connectivity index (χ1n) is 17.4. The van der Waals surface area contributed by atoms with Gasteiger partial charge in [-0.3, -0.25) is 9.37 Å². The molecular weight excluding hydrogens is 840 g/mol. The fourth-order valence-electron chi connectivity index (χ4n) is 6.60. The molecule has 5 nitrogen and oxygen atoms in total. The SMILES string of the molecule is CC(C)Cc1cc(-c2[c-]cccc2)ncc1[Si](C)(C)C.Cc1ccc2c(n1)oc1c(-c3nc4ccccc4n3Cc3ccccc3)[c-]cc(F)c12.[Ir]. The van der Waals surface area contributed by atoms with Crippen molar-refractivity contribution in [3.8, 4) is 22.6 Å². The Morgan fingerprint density at radius 3 is 2.37 bits per heavy atom. The predicted octanol–water partition coefficient (Wildman–Crippen LogP) is 10.6. The summed E-state index contributed by atoms with van der Waals surface area (Å²) in [5, 5.41) is 2.56. The molecule has 0 aliphatic carbocycles. The number of fused-ring (bicyclic) bond motifs is 4. The number of nitrogens with zero attached hydrogens (tertiary/aromatic N) is 4. The third-order valence-electron chi connectivity index (χ3n) is 8.98. The molecule has 0 spiro atoms. The summed E-state index contributed by atoms with van der Waals surface area (Å²) in [6, 6.07) is 39.9. The van der Waals surface area contributed by atoms with E-state index in [0.717, 1.165) is 40.0 Å². The normalized spacial score (nSPS) is 11.5. The molecule has 0 bridgehead atoms. The second-order valence-corrected chi connectivity index (χ2v) is 19.5. The molecule has 0 fully saturated rings. The van der Waals surface area contributed by atoms with E-state index in [1.165, 1.54) is 16.8 Å². The van der Waals surface area contributed by atoms with Gasteiger partial charge in [0.15, 0.2) is 0 Å². The average molecular weight is 881 g/mol. The van der Waals surface area contributed by atoms with Crippen LogP contribution in [0.25, 0.3) is 55.7 Å². The fraction of sp³-hybridized carbons (Fsp3) is 0.205. The van der Waals surface area contributed by atoms with E-state index in [0.29, 0.717) is 45.9 Å². The van der Waals surface area contributed by atoms with E-state index in [1.807, 2.05) is 79.7 Å². The molecule has 0 saturated carbocycles. The van der Waals surface area contributed by atoms with Crippen molar-refractivity contribution in [2.75, 3.05) is 0 Å². The van der Waals surface area contributed by atoms with Gasteiger partial charge < -0.3 is 14.0 Å². The van der Waals surface area contributed by atoms with Crippen LogP contribution in [0.4, 0.5) is 4.39 Å². The molecule has 8 rings (SSSR count). The minimum atomic E-state index is -1.34. The molecule has 52 heavy (non-hydrogen) atoms. The zero-order chi connectivity index (χ0) is 35.7. The van der Waals surface area contributed by atoms with Crippen LogP contribution in [0, 0.1) is 30.8 Å². The topological polar surface area (TPSA) is 56.7 Å². The van der Waals surface area contributed by atoms with Crippen molar-refractivity contribution < 1.29 is 28.9 Å². The number of aromatic nitrogens is 4. The number of hydrogen-bond donors (Lipinski definition) is 0. The Labute approximate surface area is 319 Å². The molecule has 1 radical (unpaired) electrons. The van der Waals surface area contributed by atoms with Gasteiger partial charge >= 0.3 is 0 Å². The third-order valence-corrected chi connectivity index (χ3v) is 11.0. The minimum Gasteiger partial charge on any atom is -0.486 e. The van der Waals surface area contributed by atoms with Crippen molar-refractivity contribution in [3.63, 3.8) is 0 Å². The van der Waals surface area contributed by atoms with E-state index in [1.54, 1.807) is 0 Å². The zero-order valence-corrected chi connectivity index (χ0v) is 33.7. The number of rotatable bonds is 7. The summed E-state index contributed by atoms with van der Waals surface area (Å²) in [7, 11) is -1.34. The maximum absolute atomic E-state index is 14.9. The van der Waals surface area contributed by atoms with E-state index >= 15 is 0 Å². The molecule has 0 atom stereocenters. The van der Waals surface area contributed by atoms with Gasteiger partial charge in [0.2, 0.25) is 5.71 Å². The van der Waals surface area contributed by atoms with Crippen LogP contribution < -0.4 is 5.19 Å². The summed E-state index contributed by atoms with van der Waals surface area (Å²) in [6.45, 7) is 14.2. The van der Waals surface area contributed by atoms with E-state index in [9.17, 15) is 4.39 Å². The summed E-state index contributed by atoms with van der Waals surface area (Å²) >= 11 is 0. The molecule has 8 aromatic rings. The van der Waals surface area contributed by atoms with Crippen molar-refractivity contribution in [1.29, 1.82) is 0 Å². The van der Waals surface area contributed by atoms with Gasteiger partial charge in [0.1, 0.15) is 0 Å². The van der Waals surface area contributed by atoms with Crippen LogP contribution in [0.3, 0.4) is 0 Å². The van der Waals surface area contributed by atoms with Crippen LogP contribution >= 0.6 is 0 Å². The monoisotopic (exact) mass is 881 g/mol. The van der Waals surface area contributed by atoms with Gasteiger partial charge in [0.25, 0.3) is 0 Å². The van der Waals surface area contributed by atoms with Gasteiger partial charge in [-0.1, -0.05) is 93.1 Å². The number of pyridine rings is 2. The van der Waals surface area contributed by atoms with Crippen molar-refractivity contribution in [1.82, 2.24) is 19.5 Å². The smallest absolute Gasteiger partial charge is 0.216 e. The Bertz CT molecular complexity index is 2470. The summed E-state index contributed by atoms with van der Waals surface area (Å²) in [5.41, 5.74) is 8.88. The average Bonchev–Trinajstić information content (AvgIpc) is 3.67. The predicted molar refractivity (Wildman–Crippen MR) is 209 cm³/mol. The molecule has 0 aliphatic heterocycles. The second kappa shape index (κ2) is 15.5. The van der Waals surface area contributed by atoms with E-state index in [4.69, 9.17) is 9.40 Å². The van der Waals surface area contributed by atoms with Crippen molar-refractivity contribution in [2.45, 2.75) is 53.4 Å². The Morgan fingerprint density at radius 2 is 1.63 bits per heavy atom. The summed E-state index contributed by atoms with van der Waals surface area (Å²) in [5.74, 6) is 0.972. The summed E-state index contributed by atoms with van der Waals surface area (Å²) in [6.07, 6.45) is 3.24. The molecule has 8 heteroatoms. The van der Waals surface area contributed by atoms with Gasteiger partial charge in [0, 0.05) is 49.7 Å². The Hall–Kier alpha value is -4.75. The summed E-state index contributed by atoms with van der Waals surface area (Å²) in [4.78, 5) is 14.0. The maximum atomic E-state index is 14.9. The number of hydrogen-bond acceptors (Lipinski definition) is 4. The minimum absolute atomic E-state index is 0. The van der Waals surface area contributed by atoms with Gasteiger partial charge in [-0.2, -0.15) is 0 Å². The van der Waals surface area contributed by atoms with Gasteiger partial charge in [0.05, 0.1) is 30.5 Å². The Kier molecular flexibility index (Phi) is 11.0. The van der Waals surface area contributed by atoms with Crippen LogP contribution in [0.2, 0.25) is 19.6 Å². The van der Waals surface area contributed by atoms with E-state index < -0.39 is 8.07 Å². The number of aryl methyl sites for hydroxylation is 1. The van der Waals surface area contributed by atoms with Crippen molar-refractivity contribution in [3.05, 3.63) is 144 Å². The number of para-hydroxylation sites is 2. The summed E-state index contributed by atoms with van der Waals surface area (Å²) < 4.78 is 23.0. The largest absolute Gasteiger partial charge is 0.486 e. The fourth-order valence-corrected chi connectivity index (χ4v) is 8.19. The number of halogens is 1. The second-order valence-electron chi connectivity index (χ2n) is 14.5. The molecule has 0 unspecified atom stereocenters. The molecule has 0 amide bonds. The van der Waals surface area contributed by atoms with E-state index in [2.05, 4.69) is 90.6 Å². The van der Waals surface area contributed by atoms with Crippen LogP contribution in [0.5, 0.6) is 0 Å². The first kappa shape index (κ1) is 37.0. The molecule has 0 N–H and O–H groups in total. The Morgan fingerprint density at radius 1 is 0.885 bits per heavy atom. The van der Waals surface area contributed by atoms with Crippen molar-refractivity contribution in [2.24, 2.45) is 5.92 Å². The van der Waals surface area contributed by atoms with Crippen LogP contribution in [0.15, 0.2) is 114 Å².